The van der Waals surface area contributed by atoms with Crippen LogP contribution < -0.4 is 10.6 Å². The van der Waals surface area contributed by atoms with Crippen molar-refractivity contribution in [3.05, 3.63) is 52.6 Å². The molecule has 0 spiro atoms. The fourth-order valence-corrected chi connectivity index (χ4v) is 2.62. The first kappa shape index (κ1) is 17.5. The number of alkyl halides is 3. The number of nitrogens with one attached hydrogen (secondary N) is 2. The number of carbonyl (C=O) groups is 2. The zero-order valence-electron chi connectivity index (χ0n) is 12.9. The number of benzene rings is 1. The molecule has 2 N–H and O–H groups in total. The molecular weight excluding hydrogens is 356 g/mol. The Morgan fingerprint density at radius 2 is 2.00 bits per heavy atom. The molecule has 26 heavy (non-hydrogen) atoms. The molecule has 6 nitrogen and oxygen atoms in total. The van der Waals surface area contributed by atoms with Gasteiger partial charge < -0.3 is 15.2 Å². The minimum absolute atomic E-state index is 0.0348. The molecule has 2 amide bonds. The first-order valence-corrected chi connectivity index (χ1v) is 7.27. The van der Waals surface area contributed by atoms with Gasteiger partial charge in [-0.2, -0.15) is 18.4 Å². The Kier molecular flexibility index (Phi) is 4.15. The summed E-state index contributed by atoms with van der Waals surface area (Å²) in [7, 11) is 0. The van der Waals surface area contributed by atoms with Crippen LogP contribution in [0.3, 0.4) is 0 Å². The van der Waals surface area contributed by atoms with Gasteiger partial charge in [0.05, 0.1) is 23.5 Å². The Bertz CT molecular complexity index is 956. The van der Waals surface area contributed by atoms with Crippen molar-refractivity contribution in [2.75, 3.05) is 5.32 Å². The van der Waals surface area contributed by atoms with Gasteiger partial charge in [-0.25, -0.2) is 4.39 Å². The monoisotopic (exact) mass is 366 g/mol. The molecule has 0 atom stereocenters. The lowest BCUT2D eigenvalue weighted by atomic mass is 10.1. The molecule has 134 valence electrons. The third kappa shape index (κ3) is 3.23. The lowest BCUT2D eigenvalue weighted by Crippen LogP contribution is -2.34. The third-order valence-corrected chi connectivity index (χ3v) is 3.81. The van der Waals surface area contributed by atoms with E-state index in [1.54, 1.807) is 0 Å². The molecule has 2 aromatic rings. The molecule has 1 aromatic heterocycles. The van der Waals surface area contributed by atoms with Crippen LogP contribution in [-0.2, 0) is 24.1 Å². The number of halogens is 4. The van der Waals surface area contributed by atoms with E-state index >= 15 is 0 Å². The Morgan fingerprint density at radius 1 is 1.27 bits per heavy atom. The van der Waals surface area contributed by atoms with E-state index in [1.807, 2.05) is 6.07 Å². The molecule has 0 saturated carbocycles. The molecule has 0 unspecified atom stereocenters. The van der Waals surface area contributed by atoms with Crippen molar-refractivity contribution in [3.63, 3.8) is 0 Å². The molecule has 2 heterocycles. The zero-order valence-corrected chi connectivity index (χ0v) is 12.9. The second-order valence-electron chi connectivity index (χ2n) is 5.55. The van der Waals surface area contributed by atoms with Gasteiger partial charge >= 0.3 is 6.18 Å². The number of hydrogen-bond acceptors (Lipinski definition) is 3. The summed E-state index contributed by atoms with van der Waals surface area (Å²) in [4.78, 5) is 23.7. The molecule has 1 aromatic carbocycles. The number of nitriles is 1. The second kappa shape index (κ2) is 6.18. The van der Waals surface area contributed by atoms with E-state index < -0.39 is 29.0 Å². The predicted octanol–water partition coefficient (Wildman–Crippen LogP) is 2.40. The number of rotatable bonds is 2. The smallest absolute Gasteiger partial charge is 0.349 e. The van der Waals surface area contributed by atoms with Crippen LogP contribution in [0.1, 0.15) is 27.3 Å². The van der Waals surface area contributed by atoms with E-state index in [4.69, 9.17) is 5.26 Å². The average Bonchev–Trinajstić information content (AvgIpc) is 2.90. The molecule has 0 aliphatic carbocycles. The van der Waals surface area contributed by atoms with Gasteiger partial charge in [0, 0.05) is 5.56 Å². The normalized spacial score (nSPS) is 13.6. The highest BCUT2D eigenvalue weighted by Gasteiger charge is 2.32. The highest BCUT2D eigenvalue weighted by atomic mass is 19.4. The van der Waals surface area contributed by atoms with Gasteiger partial charge in [0.2, 0.25) is 5.91 Å². The fourth-order valence-electron chi connectivity index (χ4n) is 2.62. The molecule has 0 fully saturated rings. The van der Waals surface area contributed by atoms with Gasteiger partial charge in [0.1, 0.15) is 24.1 Å². The topological polar surface area (TPSA) is 86.9 Å². The molecule has 1 aliphatic heterocycles. The SMILES string of the molecule is N#Cc1cc(NC(=O)c2cc(F)cc(C(F)(F)F)c2)c2n1CC(=O)NC2. The van der Waals surface area contributed by atoms with E-state index in [0.29, 0.717) is 23.9 Å². The lowest BCUT2D eigenvalue weighted by Gasteiger charge is -2.18. The number of nitrogens with zero attached hydrogens (tertiary/aromatic N) is 2. The van der Waals surface area contributed by atoms with Crippen molar-refractivity contribution in [3.8, 4) is 6.07 Å². The Morgan fingerprint density at radius 3 is 2.65 bits per heavy atom. The molecule has 0 saturated heterocycles. The number of aromatic nitrogens is 1. The maximum Gasteiger partial charge on any atom is 0.416 e. The molecule has 3 rings (SSSR count). The van der Waals surface area contributed by atoms with Gasteiger partial charge in [-0.3, -0.25) is 9.59 Å². The first-order valence-electron chi connectivity index (χ1n) is 7.27. The summed E-state index contributed by atoms with van der Waals surface area (Å²) in [5, 5.41) is 14.0. The minimum Gasteiger partial charge on any atom is -0.349 e. The van der Waals surface area contributed by atoms with Crippen LogP contribution in [0.4, 0.5) is 23.2 Å². The van der Waals surface area contributed by atoms with Crippen LogP contribution >= 0.6 is 0 Å². The number of anilines is 1. The maximum atomic E-state index is 13.5. The summed E-state index contributed by atoms with van der Waals surface area (Å²) in [6.45, 7) is -0.0840. The van der Waals surface area contributed by atoms with Crippen LogP contribution in [0.15, 0.2) is 24.3 Å². The Hall–Kier alpha value is -3.35. The highest BCUT2D eigenvalue weighted by Crippen LogP contribution is 2.31. The molecule has 10 heteroatoms. The lowest BCUT2D eigenvalue weighted by molar-refractivity contribution is -0.137. The minimum atomic E-state index is -4.80. The van der Waals surface area contributed by atoms with Crippen LogP contribution in [0.25, 0.3) is 0 Å². The number of fused-ring (bicyclic) bond motifs is 1. The fraction of sp³-hybridized carbons (Fsp3) is 0.188. The highest BCUT2D eigenvalue weighted by molar-refractivity contribution is 6.05. The standard InChI is InChI=1S/C16H10F4N4O2/c17-10-2-8(1-9(3-10)16(18,19)20)15(26)23-12-4-11(5-21)24-7-14(25)22-6-13(12)24/h1-4H,6-7H2,(H,22,25)(H,23,26). The van der Waals surface area contributed by atoms with Crippen molar-refractivity contribution >= 4 is 17.5 Å². The number of carbonyl (C=O) groups excluding carboxylic acids is 2. The third-order valence-electron chi connectivity index (χ3n) is 3.81. The van der Waals surface area contributed by atoms with Crippen molar-refractivity contribution in [2.45, 2.75) is 19.3 Å². The van der Waals surface area contributed by atoms with Crippen LogP contribution in [-0.4, -0.2) is 16.4 Å². The summed E-state index contributed by atoms with van der Waals surface area (Å²) in [5.74, 6) is -2.49. The van der Waals surface area contributed by atoms with Crippen LogP contribution in [0.2, 0.25) is 0 Å². The van der Waals surface area contributed by atoms with Gasteiger partial charge in [0.15, 0.2) is 0 Å². The van der Waals surface area contributed by atoms with Crippen molar-refractivity contribution in [1.29, 1.82) is 5.26 Å². The Labute approximate surface area is 144 Å². The molecule has 1 aliphatic rings. The molecular formula is C16H10F4N4O2. The van der Waals surface area contributed by atoms with Gasteiger partial charge in [0.25, 0.3) is 5.91 Å². The van der Waals surface area contributed by atoms with Crippen molar-refractivity contribution < 1.29 is 27.2 Å². The summed E-state index contributed by atoms with van der Waals surface area (Å²) in [5.41, 5.74) is -1.12. The van der Waals surface area contributed by atoms with E-state index in [0.717, 1.165) is 0 Å². The van der Waals surface area contributed by atoms with E-state index in [2.05, 4.69) is 10.6 Å². The van der Waals surface area contributed by atoms with E-state index in [-0.39, 0.29) is 30.4 Å². The van der Waals surface area contributed by atoms with E-state index in [1.165, 1.54) is 10.6 Å². The largest absolute Gasteiger partial charge is 0.416 e. The van der Waals surface area contributed by atoms with E-state index in [9.17, 15) is 27.2 Å². The second-order valence-corrected chi connectivity index (χ2v) is 5.55. The Balaban J connectivity index is 1.94. The van der Waals surface area contributed by atoms with Crippen molar-refractivity contribution in [1.82, 2.24) is 9.88 Å². The van der Waals surface area contributed by atoms with Crippen LogP contribution in [0.5, 0.6) is 0 Å². The number of hydrogen-bond donors (Lipinski definition) is 2. The summed E-state index contributed by atoms with van der Waals surface area (Å²) in [6, 6.07) is 4.68. The maximum absolute atomic E-state index is 13.5. The average molecular weight is 366 g/mol. The molecule has 0 bridgehead atoms. The van der Waals surface area contributed by atoms with Gasteiger partial charge in [-0.1, -0.05) is 0 Å². The molecule has 0 radical (unpaired) electrons. The first-order chi connectivity index (χ1) is 12.2. The van der Waals surface area contributed by atoms with Crippen LogP contribution in [0, 0.1) is 17.1 Å². The summed E-state index contributed by atoms with van der Waals surface area (Å²) in [6.07, 6.45) is -4.80. The predicted molar refractivity (Wildman–Crippen MR) is 80.3 cm³/mol. The summed E-state index contributed by atoms with van der Waals surface area (Å²) < 4.78 is 53.2. The van der Waals surface area contributed by atoms with Gasteiger partial charge in [-0.15, -0.1) is 0 Å². The summed E-state index contributed by atoms with van der Waals surface area (Å²) >= 11 is 0. The number of amides is 2. The van der Waals surface area contributed by atoms with Gasteiger partial charge in [-0.05, 0) is 24.3 Å². The zero-order chi connectivity index (χ0) is 19.1. The van der Waals surface area contributed by atoms with Crippen molar-refractivity contribution in [2.24, 2.45) is 0 Å². The quantitative estimate of drug-likeness (QED) is 0.801.